The van der Waals surface area contributed by atoms with Crippen LogP contribution in [0.3, 0.4) is 0 Å². The van der Waals surface area contributed by atoms with Crippen LogP contribution >= 0.6 is 0 Å². The molecule has 23 heavy (non-hydrogen) atoms. The number of nitrogens with zero attached hydrogens (tertiary/aromatic N) is 4. The molecule has 0 unspecified atom stereocenters. The summed E-state index contributed by atoms with van der Waals surface area (Å²) in [6, 6.07) is 3.99. The third-order valence-electron chi connectivity index (χ3n) is 4.84. The largest absolute Gasteiger partial charge is 0.378 e. The maximum Gasteiger partial charge on any atom is 0.228 e. The van der Waals surface area contributed by atoms with Gasteiger partial charge in [-0.2, -0.15) is 5.10 Å². The van der Waals surface area contributed by atoms with Gasteiger partial charge in [-0.1, -0.05) is 0 Å². The number of rotatable bonds is 2. The SMILES string of the molecule is Cc1ccc(N2CCCN(C(=O)[C@@H]3CCCO[C@H]3C)CC2)nn1. The Morgan fingerprint density at radius 1 is 1.17 bits per heavy atom. The summed E-state index contributed by atoms with van der Waals surface area (Å²) in [7, 11) is 0. The lowest BCUT2D eigenvalue weighted by Gasteiger charge is -2.32. The predicted octanol–water partition coefficient (Wildman–Crippen LogP) is 1.64. The Morgan fingerprint density at radius 3 is 2.78 bits per heavy atom. The number of carbonyl (C=O) groups is 1. The maximum atomic E-state index is 12.8. The van der Waals surface area contributed by atoms with E-state index < -0.39 is 0 Å². The molecule has 0 aromatic carbocycles. The van der Waals surface area contributed by atoms with Gasteiger partial charge in [0.05, 0.1) is 17.7 Å². The van der Waals surface area contributed by atoms with Gasteiger partial charge in [0.15, 0.2) is 5.82 Å². The molecule has 126 valence electrons. The highest BCUT2D eigenvalue weighted by Crippen LogP contribution is 2.23. The second kappa shape index (κ2) is 7.25. The average Bonchev–Trinajstić information content (AvgIpc) is 2.81. The number of ether oxygens (including phenoxy) is 1. The van der Waals surface area contributed by atoms with E-state index in [4.69, 9.17) is 4.74 Å². The zero-order chi connectivity index (χ0) is 16.2. The molecule has 0 saturated carbocycles. The molecule has 3 rings (SSSR count). The highest BCUT2D eigenvalue weighted by atomic mass is 16.5. The van der Waals surface area contributed by atoms with Gasteiger partial charge >= 0.3 is 0 Å². The third-order valence-corrected chi connectivity index (χ3v) is 4.84. The summed E-state index contributed by atoms with van der Waals surface area (Å²) in [4.78, 5) is 17.0. The van der Waals surface area contributed by atoms with Crippen molar-refractivity contribution in [3.05, 3.63) is 17.8 Å². The lowest BCUT2D eigenvalue weighted by molar-refractivity contribution is -0.143. The number of carbonyl (C=O) groups excluding carboxylic acids is 1. The molecule has 1 aromatic rings. The van der Waals surface area contributed by atoms with E-state index in [1.165, 1.54) is 0 Å². The first kappa shape index (κ1) is 16.2. The Labute approximate surface area is 137 Å². The van der Waals surface area contributed by atoms with Crippen molar-refractivity contribution >= 4 is 11.7 Å². The van der Waals surface area contributed by atoms with Gasteiger partial charge in [0.1, 0.15) is 0 Å². The fourth-order valence-corrected chi connectivity index (χ4v) is 3.41. The Kier molecular flexibility index (Phi) is 5.10. The zero-order valence-corrected chi connectivity index (χ0v) is 14.1. The molecule has 0 radical (unpaired) electrons. The molecule has 1 aromatic heterocycles. The summed E-state index contributed by atoms with van der Waals surface area (Å²) in [5.41, 5.74) is 0.923. The van der Waals surface area contributed by atoms with Gasteiger partial charge in [-0.15, -0.1) is 5.10 Å². The number of hydrogen-bond donors (Lipinski definition) is 0. The van der Waals surface area contributed by atoms with E-state index in [0.717, 1.165) is 63.6 Å². The second-order valence-electron chi connectivity index (χ2n) is 6.52. The van der Waals surface area contributed by atoms with Gasteiger partial charge in [0.2, 0.25) is 5.91 Å². The van der Waals surface area contributed by atoms with Gasteiger partial charge < -0.3 is 14.5 Å². The minimum absolute atomic E-state index is 0.0227. The monoisotopic (exact) mass is 318 g/mol. The first-order valence-corrected chi connectivity index (χ1v) is 8.61. The summed E-state index contributed by atoms with van der Waals surface area (Å²) < 4.78 is 5.66. The summed E-state index contributed by atoms with van der Waals surface area (Å²) in [6.45, 7) is 8.03. The van der Waals surface area contributed by atoms with Crippen LogP contribution in [-0.4, -0.2) is 59.9 Å². The van der Waals surface area contributed by atoms with Crippen LogP contribution in [0.25, 0.3) is 0 Å². The second-order valence-corrected chi connectivity index (χ2v) is 6.52. The average molecular weight is 318 g/mol. The molecule has 3 heterocycles. The molecular formula is C17H26N4O2. The first-order chi connectivity index (χ1) is 11.1. The van der Waals surface area contributed by atoms with Crippen LogP contribution in [0, 0.1) is 12.8 Å². The quantitative estimate of drug-likeness (QED) is 0.830. The fourth-order valence-electron chi connectivity index (χ4n) is 3.41. The molecule has 2 saturated heterocycles. The molecule has 6 heteroatoms. The van der Waals surface area contributed by atoms with E-state index in [2.05, 4.69) is 15.1 Å². The molecular weight excluding hydrogens is 292 g/mol. The summed E-state index contributed by atoms with van der Waals surface area (Å²) >= 11 is 0. The van der Waals surface area contributed by atoms with Crippen molar-refractivity contribution in [2.45, 2.75) is 39.2 Å². The number of hydrogen-bond acceptors (Lipinski definition) is 5. The topological polar surface area (TPSA) is 58.6 Å². The van der Waals surface area contributed by atoms with E-state index in [9.17, 15) is 4.79 Å². The van der Waals surface area contributed by atoms with Crippen molar-refractivity contribution < 1.29 is 9.53 Å². The number of amides is 1. The van der Waals surface area contributed by atoms with E-state index in [1.54, 1.807) is 0 Å². The first-order valence-electron chi connectivity index (χ1n) is 8.61. The van der Waals surface area contributed by atoms with Crippen LogP contribution in [0.5, 0.6) is 0 Å². The van der Waals surface area contributed by atoms with Crippen molar-refractivity contribution in [3.8, 4) is 0 Å². The summed E-state index contributed by atoms with van der Waals surface area (Å²) in [5.74, 6) is 1.18. The molecule has 0 spiro atoms. The normalized spacial score (nSPS) is 26.0. The molecule has 0 aliphatic carbocycles. The van der Waals surface area contributed by atoms with Gasteiger partial charge in [-0.05, 0) is 45.2 Å². The molecule has 2 fully saturated rings. The lowest BCUT2D eigenvalue weighted by Crippen LogP contribution is -2.44. The van der Waals surface area contributed by atoms with Crippen LogP contribution < -0.4 is 4.90 Å². The van der Waals surface area contributed by atoms with Crippen LogP contribution in [-0.2, 0) is 9.53 Å². The van der Waals surface area contributed by atoms with Crippen LogP contribution in [0.15, 0.2) is 12.1 Å². The van der Waals surface area contributed by atoms with Crippen LogP contribution in [0.2, 0.25) is 0 Å². The minimum atomic E-state index is 0.0227. The maximum absolute atomic E-state index is 12.8. The smallest absolute Gasteiger partial charge is 0.228 e. The highest BCUT2D eigenvalue weighted by molar-refractivity contribution is 5.79. The van der Waals surface area contributed by atoms with Crippen molar-refractivity contribution in [1.82, 2.24) is 15.1 Å². The number of aromatic nitrogens is 2. The van der Waals surface area contributed by atoms with Crippen LogP contribution in [0.1, 0.15) is 31.9 Å². The highest BCUT2D eigenvalue weighted by Gasteiger charge is 2.32. The Balaban J connectivity index is 1.61. The molecule has 6 nitrogen and oxygen atoms in total. The molecule has 1 amide bonds. The Bertz CT molecular complexity index is 534. The predicted molar refractivity (Wildman–Crippen MR) is 88.3 cm³/mol. The molecule has 0 N–H and O–H groups in total. The van der Waals surface area contributed by atoms with E-state index in [0.29, 0.717) is 0 Å². The fraction of sp³-hybridized carbons (Fsp3) is 0.706. The van der Waals surface area contributed by atoms with Crippen LogP contribution in [0.4, 0.5) is 5.82 Å². The molecule has 2 aliphatic heterocycles. The summed E-state index contributed by atoms with van der Waals surface area (Å²) in [6.07, 6.45) is 2.94. The minimum Gasteiger partial charge on any atom is -0.378 e. The molecule has 0 bridgehead atoms. The van der Waals surface area contributed by atoms with Gasteiger partial charge in [0, 0.05) is 32.8 Å². The van der Waals surface area contributed by atoms with Gasteiger partial charge in [-0.3, -0.25) is 4.79 Å². The van der Waals surface area contributed by atoms with Crippen molar-refractivity contribution in [1.29, 1.82) is 0 Å². The molecule has 2 atom stereocenters. The van der Waals surface area contributed by atoms with E-state index in [1.807, 2.05) is 30.9 Å². The van der Waals surface area contributed by atoms with E-state index >= 15 is 0 Å². The van der Waals surface area contributed by atoms with Gasteiger partial charge in [0.25, 0.3) is 0 Å². The standard InChI is InChI=1S/C17H26N4O2/c1-13-6-7-16(19-18-13)20-8-4-9-21(11-10-20)17(22)15-5-3-12-23-14(15)2/h6-7,14-15H,3-5,8-12H2,1-2H3/t14-,15+/m0/s1. The zero-order valence-electron chi connectivity index (χ0n) is 14.1. The van der Waals surface area contributed by atoms with E-state index in [-0.39, 0.29) is 17.9 Å². The molecule has 2 aliphatic rings. The van der Waals surface area contributed by atoms with Gasteiger partial charge in [-0.25, -0.2) is 0 Å². The number of anilines is 1. The lowest BCUT2D eigenvalue weighted by atomic mass is 9.94. The van der Waals surface area contributed by atoms with Crippen molar-refractivity contribution in [2.75, 3.05) is 37.7 Å². The Hall–Kier alpha value is -1.69. The van der Waals surface area contributed by atoms with Crippen molar-refractivity contribution in [3.63, 3.8) is 0 Å². The Morgan fingerprint density at radius 2 is 2.04 bits per heavy atom. The van der Waals surface area contributed by atoms with Crippen molar-refractivity contribution in [2.24, 2.45) is 5.92 Å². The number of aryl methyl sites for hydroxylation is 1. The third kappa shape index (κ3) is 3.80. The summed E-state index contributed by atoms with van der Waals surface area (Å²) in [5, 5.41) is 8.40.